The summed E-state index contributed by atoms with van der Waals surface area (Å²) in [5, 5.41) is 0. The van der Waals surface area contributed by atoms with E-state index in [9.17, 15) is 0 Å². The maximum atomic E-state index is 4.69. The van der Waals surface area contributed by atoms with E-state index in [0.717, 1.165) is 18.8 Å². The number of hydrogen-bond donors (Lipinski definition) is 0. The zero-order chi connectivity index (χ0) is 22.3. The maximum Gasteiger partial charge on any atom is -0.0122 e. The topological polar surface area (TPSA) is 0 Å². The van der Waals surface area contributed by atoms with E-state index >= 15 is 0 Å². The van der Waals surface area contributed by atoms with Crippen LogP contribution >= 0.6 is 0 Å². The highest BCUT2D eigenvalue weighted by atomic mass is 14.4. The van der Waals surface area contributed by atoms with E-state index in [1.165, 1.54) is 60.8 Å². The van der Waals surface area contributed by atoms with Crippen molar-refractivity contribution in [1.82, 2.24) is 0 Å². The monoisotopic (exact) mass is 406 g/mol. The molecule has 1 fully saturated rings. The van der Waals surface area contributed by atoms with Crippen molar-refractivity contribution in [3.05, 3.63) is 72.9 Å². The molecule has 2 rings (SSSR count). The van der Waals surface area contributed by atoms with Crippen LogP contribution in [0.1, 0.15) is 79.1 Å². The second-order valence-corrected chi connectivity index (χ2v) is 10.2. The predicted octanol–water partition coefficient (Wildman–Crippen LogP) is 9.25. The Labute approximate surface area is 187 Å². The molecule has 1 unspecified atom stereocenters. The lowest BCUT2D eigenvalue weighted by atomic mass is 9.73. The average Bonchev–Trinajstić information content (AvgIpc) is 3.16. The summed E-state index contributed by atoms with van der Waals surface area (Å²) in [5.74, 6) is 3.77. The van der Waals surface area contributed by atoms with E-state index in [2.05, 4.69) is 78.3 Å². The van der Waals surface area contributed by atoms with Gasteiger partial charge in [0.05, 0.1) is 0 Å². The minimum Gasteiger partial charge on any atom is -0.103 e. The van der Waals surface area contributed by atoms with E-state index < -0.39 is 0 Å². The Balaban J connectivity index is 2.20. The molecule has 30 heavy (non-hydrogen) atoms. The molecule has 166 valence electrons. The van der Waals surface area contributed by atoms with Crippen LogP contribution < -0.4 is 0 Å². The number of hydrogen-bond acceptors (Lipinski definition) is 0. The van der Waals surface area contributed by atoms with Crippen molar-refractivity contribution in [3.8, 4) is 0 Å². The fourth-order valence-corrected chi connectivity index (χ4v) is 5.82. The van der Waals surface area contributed by atoms with Crippen molar-refractivity contribution in [3.63, 3.8) is 0 Å². The van der Waals surface area contributed by atoms with Gasteiger partial charge in [-0.2, -0.15) is 0 Å². The number of rotatable bonds is 11. The van der Waals surface area contributed by atoms with Crippen molar-refractivity contribution in [1.29, 1.82) is 0 Å². The molecule has 0 aromatic rings. The lowest BCUT2D eigenvalue weighted by Gasteiger charge is -2.32. The molecule has 0 bridgehead atoms. The summed E-state index contributed by atoms with van der Waals surface area (Å²) in [6.45, 7) is 26.6. The van der Waals surface area contributed by atoms with E-state index in [1.54, 1.807) is 0 Å². The Morgan fingerprint density at radius 3 is 2.40 bits per heavy atom. The minimum atomic E-state index is 0.572. The zero-order valence-electron chi connectivity index (χ0n) is 20.3. The van der Waals surface area contributed by atoms with Gasteiger partial charge in [-0.25, -0.2) is 0 Å². The van der Waals surface area contributed by atoms with Gasteiger partial charge in [0.25, 0.3) is 0 Å². The molecule has 5 atom stereocenters. The van der Waals surface area contributed by atoms with Gasteiger partial charge in [0.15, 0.2) is 0 Å². The Kier molecular flexibility index (Phi) is 9.66. The molecule has 0 aromatic heterocycles. The quantitative estimate of drug-likeness (QED) is 0.300. The summed E-state index contributed by atoms with van der Waals surface area (Å²) in [5.41, 5.74) is 5.88. The first-order valence-corrected chi connectivity index (χ1v) is 12.3. The second kappa shape index (κ2) is 11.7. The Bertz CT molecular complexity index is 683. The smallest absolute Gasteiger partial charge is 0.0122 e. The second-order valence-electron chi connectivity index (χ2n) is 10.2. The van der Waals surface area contributed by atoms with Crippen LogP contribution in [0.15, 0.2) is 72.9 Å². The maximum absolute atomic E-state index is 4.69. The first kappa shape index (κ1) is 24.7. The van der Waals surface area contributed by atoms with Gasteiger partial charge in [-0.3, -0.25) is 0 Å². The van der Waals surface area contributed by atoms with E-state index in [0.29, 0.717) is 29.6 Å². The molecular weight excluding hydrogens is 360 g/mol. The van der Waals surface area contributed by atoms with Crippen LogP contribution in [0.4, 0.5) is 0 Å². The van der Waals surface area contributed by atoms with E-state index in [-0.39, 0.29) is 0 Å². The third-order valence-corrected chi connectivity index (χ3v) is 7.93. The van der Waals surface area contributed by atoms with E-state index in [1.807, 2.05) is 0 Å². The summed E-state index contributed by atoms with van der Waals surface area (Å²) in [6, 6.07) is 0. The SMILES string of the molecule is C=CCC[C@@H]1CC(C(=C)[C@@H](C)C(C)C)[C@H](C(=C)C[C@@H]2CCCC(/C=C\C)=C2C=C)C1. The normalized spacial score (nSPS) is 28.2. The van der Waals surface area contributed by atoms with Crippen molar-refractivity contribution < 1.29 is 0 Å². The highest BCUT2D eigenvalue weighted by Gasteiger charge is 2.39. The van der Waals surface area contributed by atoms with Crippen LogP contribution in [-0.2, 0) is 0 Å². The average molecular weight is 407 g/mol. The molecule has 0 radical (unpaired) electrons. The lowest BCUT2D eigenvalue weighted by Crippen LogP contribution is -2.21. The summed E-state index contributed by atoms with van der Waals surface area (Å²) >= 11 is 0. The molecule has 0 amide bonds. The van der Waals surface area contributed by atoms with Crippen molar-refractivity contribution in [2.24, 2.45) is 35.5 Å². The van der Waals surface area contributed by atoms with Gasteiger partial charge in [-0.05, 0) is 105 Å². The van der Waals surface area contributed by atoms with Crippen LogP contribution in [0.3, 0.4) is 0 Å². The van der Waals surface area contributed by atoms with Crippen molar-refractivity contribution >= 4 is 0 Å². The van der Waals surface area contributed by atoms with Gasteiger partial charge in [0.2, 0.25) is 0 Å². The van der Waals surface area contributed by atoms with Crippen molar-refractivity contribution in [2.45, 2.75) is 79.1 Å². The summed E-state index contributed by atoms with van der Waals surface area (Å²) in [6.07, 6.45) is 18.5. The molecule has 0 spiro atoms. The Hall–Kier alpha value is -1.56. The van der Waals surface area contributed by atoms with Gasteiger partial charge in [0.1, 0.15) is 0 Å². The molecular formula is C30H46. The van der Waals surface area contributed by atoms with Gasteiger partial charge in [-0.15, -0.1) is 6.58 Å². The molecule has 0 heterocycles. The molecule has 0 saturated heterocycles. The molecule has 0 heteroatoms. The first-order chi connectivity index (χ1) is 14.3. The van der Waals surface area contributed by atoms with Gasteiger partial charge >= 0.3 is 0 Å². The standard InChI is InChI=1S/C30H46/c1-9-12-15-25-19-29(30(20-25)24(8)23(7)21(4)5)22(6)18-27-17-13-16-26(14-10-2)28(27)11-3/h9-11,14,21,23,25,27,29-30H,1,3,6,8,12-13,15-20H2,2,4-5,7H3/b14-10-/t23-,25-,27-,29-,30?/m0/s1. The lowest BCUT2D eigenvalue weighted by molar-refractivity contribution is 0.380. The predicted molar refractivity (Wildman–Crippen MR) is 135 cm³/mol. The fraction of sp³-hybridized carbons (Fsp3) is 0.600. The van der Waals surface area contributed by atoms with Gasteiger partial charge in [0, 0.05) is 0 Å². The number of allylic oxidation sites excluding steroid dienone is 8. The van der Waals surface area contributed by atoms with Crippen LogP contribution in [0, 0.1) is 35.5 Å². The van der Waals surface area contributed by atoms with Crippen LogP contribution in [0.5, 0.6) is 0 Å². The molecule has 0 N–H and O–H groups in total. The molecule has 2 aliphatic carbocycles. The van der Waals surface area contributed by atoms with Gasteiger partial charge in [-0.1, -0.05) is 76.0 Å². The van der Waals surface area contributed by atoms with Crippen molar-refractivity contribution in [2.75, 3.05) is 0 Å². The molecule has 1 saturated carbocycles. The summed E-state index contributed by atoms with van der Waals surface area (Å²) in [4.78, 5) is 0. The Morgan fingerprint density at radius 1 is 1.10 bits per heavy atom. The van der Waals surface area contributed by atoms with Crippen LogP contribution in [-0.4, -0.2) is 0 Å². The van der Waals surface area contributed by atoms with E-state index in [4.69, 9.17) is 0 Å². The molecule has 0 nitrogen and oxygen atoms in total. The van der Waals surface area contributed by atoms with Gasteiger partial charge < -0.3 is 0 Å². The highest BCUT2D eigenvalue weighted by Crippen LogP contribution is 2.49. The largest absolute Gasteiger partial charge is 0.103 e. The molecule has 2 aliphatic rings. The highest BCUT2D eigenvalue weighted by molar-refractivity contribution is 5.37. The minimum absolute atomic E-state index is 0.572. The third kappa shape index (κ3) is 5.99. The first-order valence-electron chi connectivity index (χ1n) is 12.3. The molecule has 0 aliphatic heterocycles. The van der Waals surface area contributed by atoms with Crippen LogP contribution in [0.2, 0.25) is 0 Å². The zero-order valence-corrected chi connectivity index (χ0v) is 20.3. The molecule has 0 aromatic carbocycles. The third-order valence-electron chi connectivity index (χ3n) is 7.93. The fourth-order valence-electron chi connectivity index (χ4n) is 5.82. The summed E-state index contributed by atoms with van der Waals surface area (Å²) in [7, 11) is 0. The summed E-state index contributed by atoms with van der Waals surface area (Å²) < 4.78 is 0. The van der Waals surface area contributed by atoms with Crippen LogP contribution in [0.25, 0.3) is 0 Å². The Morgan fingerprint density at radius 2 is 1.80 bits per heavy atom.